The van der Waals surface area contributed by atoms with Crippen LogP contribution in [-0.2, 0) is 0 Å². The zero-order valence-electron chi connectivity index (χ0n) is 8.93. The van der Waals surface area contributed by atoms with Gasteiger partial charge in [0.1, 0.15) is 5.56 Å². The number of rotatable bonds is 3. The van der Waals surface area contributed by atoms with Crippen LogP contribution >= 0.6 is 0 Å². The number of nitrogens with one attached hydrogen (secondary N) is 2. The standard InChI is InChI=1S/C11H12N2O4/c14-9-7(10(15)16)2-1-3-8(9)13-11(17)12-6-4-5-6/h1-3,6,14H,4-5H2,(H,15,16)(H2,12,13,17). The van der Waals surface area contributed by atoms with Gasteiger partial charge in [-0.15, -0.1) is 0 Å². The van der Waals surface area contributed by atoms with E-state index >= 15 is 0 Å². The molecular weight excluding hydrogens is 224 g/mol. The number of benzene rings is 1. The molecule has 0 radical (unpaired) electrons. The Kier molecular flexibility index (Phi) is 2.86. The fourth-order valence-electron chi connectivity index (χ4n) is 1.39. The second kappa shape index (κ2) is 4.32. The number of hydrogen-bond acceptors (Lipinski definition) is 3. The summed E-state index contributed by atoms with van der Waals surface area (Å²) >= 11 is 0. The number of carboxylic acid groups (broad SMARTS) is 1. The van der Waals surface area contributed by atoms with Crippen LogP contribution in [0.4, 0.5) is 10.5 Å². The highest BCUT2D eigenvalue weighted by Crippen LogP contribution is 2.27. The second-order valence-electron chi connectivity index (χ2n) is 3.88. The molecule has 0 unspecified atom stereocenters. The first-order chi connectivity index (χ1) is 8.08. The monoisotopic (exact) mass is 236 g/mol. The average molecular weight is 236 g/mol. The lowest BCUT2D eigenvalue weighted by Gasteiger charge is -2.09. The topological polar surface area (TPSA) is 98.7 Å². The average Bonchev–Trinajstić information content (AvgIpc) is 3.04. The van der Waals surface area contributed by atoms with Gasteiger partial charge in [-0.05, 0) is 25.0 Å². The molecule has 1 saturated carbocycles. The number of amides is 2. The predicted octanol–water partition coefficient (Wildman–Crippen LogP) is 1.37. The first-order valence-corrected chi connectivity index (χ1v) is 5.20. The van der Waals surface area contributed by atoms with Crippen molar-refractivity contribution in [3.63, 3.8) is 0 Å². The van der Waals surface area contributed by atoms with Crippen LogP contribution in [0.25, 0.3) is 0 Å². The molecule has 1 fully saturated rings. The number of aromatic carboxylic acids is 1. The minimum atomic E-state index is -1.24. The Hall–Kier alpha value is -2.24. The number of carboxylic acids is 1. The Balaban J connectivity index is 2.11. The van der Waals surface area contributed by atoms with E-state index in [1.54, 1.807) is 0 Å². The lowest BCUT2D eigenvalue weighted by molar-refractivity contribution is 0.0694. The Morgan fingerprint density at radius 2 is 2.00 bits per heavy atom. The van der Waals surface area contributed by atoms with Crippen LogP contribution in [0.2, 0.25) is 0 Å². The molecule has 0 heterocycles. The van der Waals surface area contributed by atoms with E-state index in [4.69, 9.17) is 5.11 Å². The first kappa shape index (κ1) is 11.3. The van der Waals surface area contributed by atoms with Gasteiger partial charge in [0.15, 0.2) is 5.75 Å². The van der Waals surface area contributed by atoms with Gasteiger partial charge in [-0.2, -0.15) is 0 Å². The van der Waals surface area contributed by atoms with Crippen LogP contribution in [0.5, 0.6) is 5.75 Å². The fraction of sp³-hybridized carbons (Fsp3) is 0.273. The third-order valence-corrected chi connectivity index (χ3v) is 2.43. The molecule has 1 aromatic rings. The third kappa shape index (κ3) is 2.66. The molecule has 0 aliphatic heterocycles. The van der Waals surface area contributed by atoms with Crippen molar-refractivity contribution in [2.75, 3.05) is 5.32 Å². The highest BCUT2D eigenvalue weighted by molar-refractivity contribution is 5.97. The Morgan fingerprint density at radius 1 is 1.29 bits per heavy atom. The fourth-order valence-corrected chi connectivity index (χ4v) is 1.39. The van der Waals surface area contributed by atoms with Gasteiger partial charge in [0, 0.05) is 6.04 Å². The van der Waals surface area contributed by atoms with E-state index in [1.165, 1.54) is 18.2 Å². The zero-order valence-corrected chi connectivity index (χ0v) is 8.93. The van der Waals surface area contributed by atoms with E-state index in [1.807, 2.05) is 0 Å². The summed E-state index contributed by atoms with van der Waals surface area (Å²) in [5.41, 5.74) is -0.155. The van der Waals surface area contributed by atoms with Gasteiger partial charge >= 0.3 is 12.0 Å². The maximum Gasteiger partial charge on any atom is 0.339 e. The Labute approximate surface area is 97.3 Å². The summed E-state index contributed by atoms with van der Waals surface area (Å²) in [5.74, 6) is -1.68. The van der Waals surface area contributed by atoms with E-state index < -0.39 is 17.7 Å². The van der Waals surface area contributed by atoms with Gasteiger partial charge in [0.05, 0.1) is 5.69 Å². The van der Waals surface area contributed by atoms with Crippen molar-refractivity contribution >= 4 is 17.7 Å². The van der Waals surface area contributed by atoms with E-state index in [0.717, 1.165) is 12.8 Å². The summed E-state index contributed by atoms with van der Waals surface area (Å²) in [7, 11) is 0. The van der Waals surface area contributed by atoms with Gasteiger partial charge in [-0.25, -0.2) is 9.59 Å². The van der Waals surface area contributed by atoms with Crippen LogP contribution < -0.4 is 10.6 Å². The quantitative estimate of drug-likeness (QED) is 0.596. The lowest BCUT2D eigenvalue weighted by Crippen LogP contribution is -2.30. The molecule has 6 heteroatoms. The van der Waals surface area contributed by atoms with Crippen molar-refractivity contribution in [2.24, 2.45) is 0 Å². The zero-order chi connectivity index (χ0) is 12.4. The number of aromatic hydroxyl groups is 1. The smallest absolute Gasteiger partial charge is 0.339 e. The Morgan fingerprint density at radius 3 is 2.59 bits per heavy atom. The van der Waals surface area contributed by atoms with Gasteiger partial charge < -0.3 is 20.8 Å². The number of phenols is 1. The molecular formula is C11H12N2O4. The SMILES string of the molecule is O=C(Nc1cccc(C(=O)O)c1O)NC1CC1. The summed E-state index contributed by atoms with van der Waals surface area (Å²) in [4.78, 5) is 22.2. The molecule has 1 aliphatic rings. The maximum atomic E-state index is 11.4. The summed E-state index contributed by atoms with van der Waals surface area (Å²) in [6.07, 6.45) is 1.91. The summed E-state index contributed by atoms with van der Waals surface area (Å²) in [5, 5.41) is 23.5. The van der Waals surface area contributed by atoms with Crippen molar-refractivity contribution < 1.29 is 19.8 Å². The molecule has 0 bridgehead atoms. The summed E-state index contributed by atoms with van der Waals surface area (Å²) in [6.45, 7) is 0. The molecule has 2 amide bonds. The number of anilines is 1. The molecule has 0 atom stereocenters. The van der Waals surface area contributed by atoms with Gasteiger partial charge in [-0.1, -0.05) is 6.07 Å². The molecule has 4 N–H and O–H groups in total. The lowest BCUT2D eigenvalue weighted by atomic mass is 10.2. The van der Waals surface area contributed by atoms with E-state index in [0.29, 0.717) is 0 Å². The maximum absolute atomic E-state index is 11.4. The first-order valence-electron chi connectivity index (χ1n) is 5.20. The normalized spacial score (nSPS) is 14.1. The highest BCUT2D eigenvalue weighted by Gasteiger charge is 2.23. The van der Waals surface area contributed by atoms with Crippen LogP contribution in [0.1, 0.15) is 23.2 Å². The number of para-hydroxylation sites is 1. The molecule has 90 valence electrons. The molecule has 0 saturated heterocycles. The van der Waals surface area contributed by atoms with Crippen LogP contribution in [-0.4, -0.2) is 28.3 Å². The van der Waals surface area contributed by atoms with Crippen LogP contribution in [0.15, 0.2) is 18.2 Å². The van der Waals surface area contributed by atoms with Crippen molar-refractivity contribution in [1.82, 2.24) is 5.32 Å². The molecule has 0 aromatic heterocycles. The highest BCUT2D eigenvalue weighted by atomic mass is 16.4. The Bertz CT molecular complexity index is 469. The molecule has 1 aliphatic carbocycles. The number of hydrogen-bond donors (Lipinski definition) is 4. The number of urea groups is 1. The van der Waals surface area contributed by atoms with Crippen molar-refractivity contribution in [2.45, 2.75) is 18.9 Å². The molecule has 0 spiro atoms. The minimum absolute atomic E-state index is 0.0862. The van der Waals surface area contributed by atoms with Crippen molar-refractivity contribution in [3.05, 3.63) is 23.8 Å². The van der Waals surface area contributed by atoms with Crippen LogP contribution in [0.3, 0.4) is 0 Å². The largest absolute Gasteiger partial charge is 0.505 e. The van der Waals surface area contributed by atoms with Crippen molar-refractivity contribution in [3.8, 4) is 5.75 Å². The second-order valence-corrected chi connectivity index (χ2v) is 3.88. The molecule has 2 rings (SSSR count). The summed E-state index contributed by atoms with van der Waals surface area (Å²) < 4.78 is 0. The predicted molar refractivity (Wildman–Crippen MR) is 60.2 cm³/mol. The van der Waals surface area contributed by atoms with Crippen LogP contribution in [0, 0.1) is 0 Å². The van der Waals surface area contributed by atoms with E-state index in [2.05, 4.69) is 10.6 Å². The summed E-state index contributed by atoms with van der Waals surface area (Å²) in [6, 6.07) is 3.91. The van der Waals surface area contributed by atoms with Gasteiger partial charge in [-0.3, -0.25) is 0 Å². The van der Waals surface area contributed by atoms with E-state index in [9.17, 15) is 14.7 Å². The molecule has 17 heavy (non-hydrogen) atoms. The van der Waals surface area contributed by atoms with Crippen molar-refractivity contribution in [1.29, 1.82) is 0 Å². The third-order valence-electron chi connectivity index (χ3n) is 2.43. The molecule has 1 aromatic carbocycles. The van der Waals surface area contributed by atoms with E-state index in [-0.39, 0.29) is 17.3 Å². The number of carbonyl (C=O) groups excluding carboxylic acids is 1. The minimum Gasteiger partial charge on any atom is -0.505 e. The van der Waals surface area contributed by atoms with Gasteiger partial charge in [0.25, 0.3) is 0 Å². The number of carbonyl (C=O) groups is 2. The van der Waals surface area contributed by atoms with Gasteiger partial charge in [0.2, 0.25) is 0 Å². The molecule has 6 nitrogen and oxygen atoms in total.